The van der Waals surface area contributed by atoms with Crippen molar-refractivity contribution in [3.63, 3.8) is 0 Å². The van der Waals surface area contributed by atoms with E-state index >= 15 is 0 Å². The second-order valence-corrected chi connectivity index (χ2v) is 6.45. The summed E-state index contributed by atoms with van der Waals surface area (Å²) in [5.74, 6) is -0.942. The van der Waals surface area contributed by atoms with Gasteiger partial charge in [0.2, 0.25) is 5.95 Å². The number of fused-ring (bicyclic) bond motifs is 1. The van der Waals surface area contributed by atoms with E-state index in [2.05, 4.69) is 30.6 Å². The minimum atomic E-state index is -0.647. The summed E-state index contributed by atoms with van der Waals surface area (Å²) in [4.78, 5) is 36.3. The highest BCUT2D eigenvalue weighted by Crippen LogP contribution is 2.22. The third-order valence-electron chi connectivity index (χ3n) is 4.28. The van der Waals surface area contributed by atoms with Crippen LogP contribution >= 0.6 is 0 Å². The molecule has 0 fully saturated rings. The molecule has 0 radical (unpaired) electrons. The highest BCUT2D eigenvalue weighted by molar-refractivity contribution is 6.04. The molecule has 0 aliphatic carbocycles. The van der Waals surface area contributed by atoms with Gasteiger partial charge < -0.3 is 5.73 Å². The molecular formula is C19H16N8O2. The van der Waals surface area contributed by atoms with Crippen molar-refractivity contribution >= 4 is 28.7 Å². The molecule has 1 aromatic carbocycles. The predicted octanol–water partition coefficient (Wildman–Crippen LogP) is 1.48. The van der Waals surface area contributed by atoms with E-state index in [1.54, 1.807) is 31.0 Å². The first-order valence-corrected chi connectivity index (χ1v) is 8.62. The smallest absolute Gasteiger partial charge is 0.267 e. The van der Waals surface area contributed by atoms with E-state index < -0.39 is 11.8 Å². The van der Waals surface area contributed by atoms with Crippen LogP contribution < -0.4 is 11.1 Å². The van der Waals surface area contributed by atoms with Crippen molar-refractivity contribution in [3.8, 4) is 11.3 Å². The number of anilines is 1. The second-order valence-electron chi connectivity index (χ2n) is 6.45. The largest absolute Gasteiger partial charge is 0.364 e. The number of nitrogens with one attached hydrogen (secondary N) is 1. The summed E-state index contributed by atoms with van der Waals surface area (Å²) in [7, 11) is 1.79. The summed E-state index contributed by atoms with van der Waals surface area (Å²) in [5, 5.41) is 11.5. The Hall–Kier alpha value is -4.21. The third kappa shape index (κ3) is 3.63. The lowest BCUT2D eigenvalue weighted by Gasteiger charge is -2.07. The molecule has 10 nitrogen and oxygen atoms in total. The quantitative estimate of drug-likeness (QED) is 0.539. The first kappa shape index (κ1) is 18.2. The zero-order chi connectivity index (χ0) is 20.5. The van der Waals surface area contributed by atoms with Gasteiger partial charge in [-0.05, 0) is 24.6 Å². The summed E-state index contributed by atoms with van der Waals surface area (Å²) >= 11 is 0. The number of hydrogen-bond donors (Lipinski definition) is 2. The monoisotopic (exact) mass is 388 g/mol. The molecule has 3 aromatic heterocycles. The molecule has 0 saturated carbocycles. The van der Waals surface area contributed by atoms with Crippen LogP contribution in [-0.4, -0.2) is 41.8 Å². The molecule has 2 amide bonds. The summed E-state index contributed by atoms with van der Waals surface area (Å²) in [6.07, 6.45) is 4.71. The van der Waals surface area contributed by atoms with Gasteiger partial charge in [0.05, 0.1) is 17.3 Å². The van der Waals surface area contributed by atoms with Gasteiger partial charge in [-0.3, -0.25) is 19.6 Å². The number of pyridine rings is 1. The minimum absolute atomic E-state index is 0.125. The molecule has 4 rings (SSSR count). The van der Waals surface area contributed by atoms with Crippen LogP contribution in [0.15, 0.2) is 42.9 Å². The normalized spacial score (nSPS) is 10.8. The molecule has 0 unspecified atom stereocenters. The Balaban J connectivity index is 1.61. The first-order chi connectivity index (χ1) is 13.9. The number of nitrogens with two attached hydrogens (primary N) is 1. The van der Waals surface area contributed by atoms with Crippen molar-refractivity contribution < 1.29 is 9.59 Å². The van der Waals surface area contributed by atoms with Crippen LogP contribution in [0.1, 0.15) is 26.4 Å². The molecule has 0 saturated heterocycles. The summed E-state index contributed by atoms with van der Waals surface area (Å²) in [6, 6.07) is 7.17. The van der Waals surface area contributed by atoms with Crippen molar-refractivity contribution in [1.82, 2.24) is 29.9 Å². The Kier molecular flexibility index (Phi) is 4.43. The van der Waals surface area contributed by atoms with Crippen molar-refractivity contribution in [2.45, 2.75) is 6.92 Å². The molecule has 0 bridgehead atoms. The fraction of sp³-hybridized carbons (Fsp3) is 0.105. The van der Waals surface area contributed by atoms with Gasteiger partial charge in [0.1, 0.15) is 11.4 Å². The van der Waals surface area contributed by atoms with Gasteiger partial charge in [-0.2, -0.15) is 0 Å². The zero-order valence-corrected chi connectivity index (χ0v) is 15.6. The van der Waals surface area contributed by atoms with Crippen LogP contribution in [0, 0.1) is 6.92 Å². The molecule has 0 aliphatic rings. The van der Waals surface area contributed by atoms with Gasteiger partial charge in [0.15, 0.2) is 0 Å². The standard InChI is InChI=1S/C19H16N8O2/c1-10-5-13(8-21-16(10)17(20)28)18(29)24-19-22-7-12-4-3-11(6-14(12)23-19)15-9-27(2)26-25-15/h3-9H,1-2H3,(H2,20,28)(H,22,23,24,29). The topological polar surface area (TPSA) is 142 Å². The van der Waals surface area contributed by atoms with Gasteiger partial charge in [-0.1, -0.05) is 17.3 Å². The van der Waals surface area contributed by atoms with Gasteiger partial charge in [-0.25, -0.2) is 15.0 Å². The number of aryl methyl sites for hydroxylation is 2. The maximum absolute atomic E-state index is 12.5. The number of nitrogens with zero attached hydrogens (tertiary/aromatic N) is 6. The van der Waals surface area contributed by atoms with Crippen LogP contribution in [0.3, 0.4) is 0 Å². The van der Waals surface area contributed by atoms with Crippen LogP contribution in [0.4, 0.5) is 5.95 Å². The maximum atomic E-state index is 12.5. The SMILES string of the molecule is Cc1cc(C(=O)Nc2ncc3ccc(-c4cn(C)nn4)cc3n2)cnc1C(N)=O. The van der Waals surface area contributed by atoms with E-state index in [0.717, 1.165) is 16.6 Å². The Morgan fingerprint density at radius 1 is 1.14 bits per heavy atom. The van der Waals surface area contributed by atoms with E-state index in [1.807, 2.05) is 18.2 Å². The van der Waals surface area contributed by atoms with E-state index in [-0.39, 0.29) is 17.2 Å². The lowest BCUT2D eigenvalue weighted by molar-refractivity contribution is 0.0989. The molecule has 144 valence electrons. The van der Waals surface area contributed by atoms with Crippen molar-refractivity contribution in [2.24, 2.45) is 12.8 Å². The molecule has 0 atom stereocenters. The molecule has 3 N–H and O–H groups in total. The Bertz CT molecular complexity index is 1260. The van der Waals surface area contributed by atoms with Crippen LogP contribution in [0.25, 0.3) is 22.2 Å². The Labute approximate surface area is 164 Å². The highest BCUT2D eigenvalue weighted by atomic mass is 16.2. The van der Waals surface area contributed by atoms with Crippen molar-refractivity contribution in [2.75, 3.05) is 5.32 Å². The van der Waals surface area contributed by atoms with Crippen LogP contribution in [0.5, 0.6) is 0 Å². The third-order valence-corrected chi connectivity index (χ3v) is 4.28. The molecule has 4 aromatic rings. The van der Waals surface area contributed by atoms with Crippen molar-refractivity contribution in [1.29, 1.82) is 0 Å². The summed E-state index contributed by atoms with van der Waals surface area (Å²) < 4.78 is 1.62. The van der Waals surface area contributed by atoms with Gasteiger partial charge >= 0.3 is 0 Å². The molecule has 0 aliphatic heterocycles. The first-order valence-electron chi connectivity index (χ1n) is 8.62. The molecular weight excluding hydrogens is 372 g/mol. The van der Waals surface area contributed by atoms with E-state index in [0.29, 0.717) is 11.1 Å². The lowest BCUT2D eigenvalue weighted by Crippen LogP contribution is -2.18. The second kappa shape index (κ2) is 7.08. The van der Waals surface area contributed by atoms with E-state index in [4.69, 9.17) is 5.73 Å². The van der Waals surface area contributed by atoms with Crippen LogP contribution in [-0.2, 0) is 7.05 Å². The number of hydrogen-bond acceptors (Lipinski definition) is 7. The molecule has 10 heteroatoms. The van der Waals surface area contributed by atoms with Gasteiger partial charge in [0.25, 0.3) is 11.8 Å². The maximum Gasteiger partial charge on any atom is 0.267 e. The van der Waals surface area contributed by atoms with Crippen LogP contribution in [0.2, 0.25) is 0 Å². The number of carbonyl (C=O) groups excluding carboxylic acids is 2. The average Bonchev–Trinajstić information content (AvgIpc) is 3.13. The summed E-state index contributed by atoms with van der Waals surface area (Å²) in [5.41, 5.74) is 8.36. The zero-order valence-electron chi connectivity index (χ0n) is 15.6. The Morgan fingerprint density at radius 3 is 2.66 bits per heavy atom. The lowest BCUT2D eigenvalue weighted by atomic mass is 10.1. The molecule has 3 heterocycles. The molecule has 29 heavy (non-hydrogen) atoms. The van der Waals surface area contributed by atoms with E-state index in [9.17, 15) is 9.59 Å². The predicted molar refractivity (Wildman–Crippen MR) is 105 cm³/mol. The molecule has 0 spiro atoms. The fourth-order valence-corrected chi connectivity index (χ4v) is 2.85. The van der Waals surface area contributed by atoms with E-state index in [1.165, 1.54) is 12.3 Å². The summed E-state index contributed by atoms with van der Waals surface area (Å²) in [6.45, 7) is 1.66. The van der Waals surface area contributed by atoms with Gasteiger partial charge in [-0.15, -0.1) is 5.10 Å². The number of amides is 2. The highest BCUT2D eigenvalue weighted by Gasteiger charge is 2.13. The minimum Gasteiger partial charge on any atom is -0.364 e. The number of carbonyl (C=O) groups is 2. The Morgan fingerprint density at radius 2 is 1.97 bits per heavy atom. The number of benzene rings is 1. The number of aromatic nitrogens is 6. The average molecular weight is 388 g/mol. The fourth-order valence-electron chi connectivity index (χ4n) is 2.85. The van der Waals surface area contributed by atoms with Crippen molar-refractivity contribution in [3.05, 3.63) is 59.7 Å². The number of primary amides is 1. The van der Waals surface area contributed by atoms with Gasteiger partial charge in [0, 0.05) is 30.4 Å². The number of rotatable bonds is 4.